The maximum atomic E-state index is 9.38. The fourth-order valence-corrected chi connectivity index (χ4v) is 9.66. The largest absolute Gasteiger partial charge is 0.504 e. The van der Waals surface area contributed by atoms with Gasteiger partial charge in [-0.15, -0.1) is 0 Å². The summed E-state index contributed by atoms with van der Waals surface area (Å²) in [5, 5.41) is 10.3. The highest BCUT2D eigenvalue weighted by atomic mass is 28.3. The summed E-state index contributed by atoms with van der Waals surface area (Å²) < 4.78 is 5.10. The Labute approximate surface area is 101 Å². The van der Waals surface area contributed by atoms with Gasteiger partial charge in [0.2, 0.25) is 0 Å². The third kappa shape index (κ3) is 2.49. The summed E-state index contributed by atoms with van der Waals surface area (Å²) in [5.41, 5.74) is 1.65. The van der Waals surface area contributed by atoms with Crippen molar-refractivity contribution >= 4 is 8.07 Å². The van der Waals surface area contributed by atoms with Gasteiger partial charge in [0.05, 0.1) is 19.4 Å². The summed E-state index contributed by atoms with van der Waals surface area (Å²) in [7, 11) is -0.180. The molecule has 0 spiro atoms. The second-order valence-corrected chi connectivity index (χ2v) is 11.1. The number of hydrogen-bond acceptors (Lipinski definition) is 2. The second kappa shape index (κ2) is 6.10. The molecule has 0 amide bonds. The van der Waals surface area contributed by atoms with Gasteiger partial charge in [-0.3, -0.25) is 0 Å². The number of nitriles is 1. The lowest BCUT2D eigenvalue weighted by molar-refractivity contribution is 0.336. The summed E-state index contributed by atoms with van der Waals surface area (Å²) >= 11 is 0. The Balaban J connectivity index is 5.71. The number of methoxy groups -OCH3 is 1. The van der Waals surface area contributed by atoms with Gasteiger partial charge < -0.3 is 4.74 Å². The standard InChI is InChI=1S/C13H25NOSi/c1-10(2)16(11(3)4,12(5)6)13(8-14)9-15-7/h9-12H,1-7H3/b13-9+. The zero-order valence-corrected chi connectivity index (χ0v) is 12.7. The fraction of sp³-hybridized carbons (Fsp3) is 0.769. The van der Waals surface area contributed by atoms with Crippen LogP contribution < -0.4 is 0 Å². The Kier molecular flexibility index (Phi) is 5.81. The molecule has 0 atom stereocenters. The van der Waals surface area contributed by atoms with Gasteiger partial charge in [-0.1, -0.05) is 41.5 Å². The second-order valence-electron chi connectivity index (χ2n) is 5.28. The molecule has 0 rings (SSSR count). The molecule has 0 heterocycles. The number of nitrogens with zero attached hydrogens (tertiary/aromatic N) is 1. The average Bonchev–Trinajstić information content (AvgIpc) is 2.15. The van der Waals surface area contributed by atoms with Crippen LogP contribution in [0.15, 0.2) is 11.5 Å². The van der Waals surface area contributed by atoms with Gasteiger partial charge in [0.1, 0.15) is 8.07 Å². The van der Waals surface area contributed by atoms with E-state index >= 15 is 0 Å². The normalized spacial score (nSPS) is 13.4. The molecule has 0 aliphatic carbocycles. The van der Waals surface area contributed by atoms with Gasteiger partial charge in [-0.05, 0) is 16.6 Å². The third-order valence-electron chi connectivity index (χ3n) is 3.69. The molecule has 0 aliphatic rings. The Hall–Kier alpha value is -0.753. The molecule has 0 saturated heterocycles. The first-order valence-corrected chi connectivity index (χ1v) is 8.22. The summed E-state index contributed by atoms with van der Waals surface area (Å²) in [6, 6.07) is 2.39. The van der Waals surface area contributed by atoms with E-state index in [4.69, 9.17) is 4.74 Å². The topological polar surface area (TPSA) is 33.0 Å². The molecule has 2 nitrogen and oxygen atoms in total. The van der Waals surface area contributed by atoms with Crippen molar-refractivity contribution in [3.63, 3.8) is 0 Å². The van der Waals surface area contributed by atoms with Crippen LogP contribution in [0.2, 0.25) is 16.6 Å². The molecule has 0 aromatic rings. The molecule has 0 radical (unpaired) electrons. The minimum atomic E-state index is -1.80. The Morgan fingerprint density at radius 3 is 1.62 bits per heavy atom. The monoisotopic (exact) mass is 239 g/mol. The Bertz CT molecular complexity index is 265. The van der Waals surface area contributed by atoms with Crippen molar-refractivity contribution in [1.82, 2.24) is 0 Å². The smallest absolute Gasteiger partial charge is 0.112 e. The predicted molar refractivity (Wildman–Crippen MR) is 71.8 cm³/mol. The van der Waals surface area contributed by atoms with E-state index < -0.39 is 8.07 Å². The molecule has 0 aromatic carbocycles. The van der Waals surface area contributed by atoms with Crippen LogP contribution in [0.5, 0.6) is 0 Å². The first-order chi connectivity index (χ1) is 7.35. The van der Waals surface area contributed by atoms with Gasteiger partial charge in [-0.25, -0.2) is 0 Å². The van der Waals surface area contributed by atoms with E-state index in [0.29, 0.717) is 16.6 Å². The van der Waals surface area contributed by atoms with Crippen LogP contribution in [0.3, 0.4) is 0 Å². The van der Waals surface area contributed by atoms with Crippen LogP contribution >= 0.6 is 0 Å². The van der Waals surface area contributed by atoms with Crippen LogP contribution in [0.25, 0.3) is 0 Å². The van der Waals surface area contributed by atoms with Gasteiger partial charge in [0.25, 0.3) is 0 Å². The number of hydrogen-bond donors (Lipinski definition) is 0. The minimum Gasteiger partial charge on any atom is -0.504 e. The summed E-state index contributed by atoms with van der Waals surface area (Å²) in [5.74, 6) is 0. The summed E-state index contributed by atoms with van der Waals surface area (Å²) in [4.78, 5) is 0. The van der Waals surface area contributed by atoms with Crippen molar-refractivity contribution in [2.45, 2.75) is 58.2 Å². The fourth-order valence-electron chi connectivity index (χ4n) is 3.28. The van der Waals surface area contributed by atoms with E-state index in [9.17, 15) is 5.26 Å². The first kappa shape index (κ1) is 15.2. The summed E-state index contributed by atoms with van der Waals surface area (Å²) in [6.07, 6.45) is 1.67. The van der Waals surface area contributed by atoms with Gasteiger partial charge >= 0.3 is 0 Å². The molecule has 0 aromatic heterocycles. The minimum absolute atomic E-state index is 0.550. The van der Waals surface area contributed by atoms with Crippen molar-refractivity contribution < 1.29 is 4.74 Å². The molecule has 0 aliphatic heterocycles. The zero-order chi connectivity index (χ0) is 12.9. The van der Waals surface area contributed by atoms with E-state index in [1.807, 2.05) is 0 Å². The van der Waals surface area contributed by atoms with Crippen molar-refractivity contribution in [2.75, 3.05) is 7.11 Å². The van der Waals surface area contributed by atoms with Crippen LogP contribution in [0, 0.1) is 11.3 Å². The van der Waals surface area contributed by atoms with E-state index in [2.05, 4.69) is 47.6 Å². The Morgan fingerprint density at radius 2 is 1.44 bits per heavy atom. The highest BCUT2D eigenvalue weighted by molar-refractivity contribution is 6.90. The van der Waals surface area contributed by atoms with Gasteiger partial charge in [-0.2, -0.15) is 5.26 Å². The molecule has 3 heteroatoms. The Morgan fingerprint density at radius 1 is 1.06 bits per heavy atom. The van der Waals surface area contributed by atoms with Crippen molar-refractivity contribution in [3.05, 3.63) is 11.5 Å². The molecule has 0 unspecified atom stereocenters. The van der Waals surface area contributed by atoms with Gasteiger partial charge in [0, 0.05) is 5.20 Å². The van der Waals surface area contributed by atoms with Crippen LogP contribution in [-0.2, 0) is 4.74 Å². The average molecular weight is 239 g/mol. The first-order valence-electron chi connectivity index (χ1n) is 5.99. The molecular weight excluding hydrogens is 214 g/mol. The van der Waals surface area contributed by atoms with E-state index in [1.54, 1.807) is 13.4 Å². The maximum absolute atomic E-state index is 9.38. The molecule has 0 bridgehead atoms. The molecular formula is C13H25NOSi. The van der Waals surface area contributed by atoms with Crippen molar-refractivity contribution in [2.24, 2.45) is 0 Å². The zero-order valence-electron chi connectivity index (χ0n) is 11.7. The predicted octanol–water partition coefficient (Wildman–Crippen LogP) is 4.26. The quantitative estimate of drug-likeness (QED) is 0.408. The summed E-state index contributed by atoms with van der Waals surface area (Å²) in [6.45, 7) is 13.5. The van der Waals surface area contributed by atoms with Crippen LogP contribution in [0.1, 0.15) is 41.5 Å². The highest BCUT2D eigenvalue weighted by Gasteiger charge is 2.46. The SMILES string of the molecule is CO/C=C(\C#N)[Si](C(C)C)(C(C)C)C(C)C. The molecule has 16 heavy (non-hydrogen) atoms. The van der Waals surface area contributed by atoms with Crippen LogP contribution in [0.4, 0.5) is 0 Å². The molecule has 0 N–H and O–H groups in total. The van der Waals surface area contributed by atoms with E-state index in [-0.39, 0.29) is 0 Å². The van der Waals surface area contributed by atoms with Crippen LogP contribution in [-0.4, -0.2) is 15.2 Å². The lowest BCUT2D eigenvalue weighted by Crippen LogP contribution is -2.46. The molecule has 0 saturated carbocycles. The molecule has 92 valence electrons. The number of rotatable bonds is 5. The number of allylic oxidation sites excluding steroid dienone is 1. The van der Waals surface area contributed by atoms with E-state index in [1.165, 1.54) is 0 Å². The van der Waals surface area contributed by atoms with Crippen molar-refractivity contribution in [3.8, 4) is 6.07 Å². The number of ether oxygens (including phenoxy) is 1. The van der Waals surface area contributed by atoms with E-state index in [0.717, 1.165) is 5.20 Å². The molecule has 0 fully saturated rings. The van der Waals surface area contributed by atoms with Gasteiger partial charge in [0.15, 0.2) is 0 Å². The lowest BCUT2D eigenvalue weighted by atomic mass is 10.5. The third-order valence-corrected chi connectivity index (χ3v) is 10.6. The maximum Gasteiger partial charge on any atom is 0.112 e. The lowest BCUT2D eigenvalue weighted by Gasteiger charge is -2.42. The highest BCUT2D eigenvalue weighted by Crippen LogP contribution is 2.46. The van der Waals surface area contributed by atoms with Crippen molar-refractivity contribution in [1.29, 1.82) is 5.26 Å².